The SMILES string of the molecule is CCC[C@H]1N(C(O)c2ncccc2C(F)(F)F)CCC[C@@]1(Oc1csc(C(F)(F)F)c1)C(=O)N1CCC(C#N)(c2ccccc2OCCC(C)(C)C(=O)O)CC1. The molecular formula is C39H44F6N4O6S. The number of alkyl halides is 6. The van der Waals surface area contributed by atoms with E-state index in [2.05, 4.69) is 11.1 Å². The molecule has 0 spiro atoms. The number of nitriles is 1. The number of likely N-dealkylation sites (tertiary alicyclic amines) is 2. The number of hydrogen-bond donors (Lipinski definition) is 2. The molecule has 3 aromatic rings. The Hall–Kier alpha value is -4.40. The van der Waals surface area contributed by atoms with E-state index in [0.717, 1.165) is 29.8 Å². The summed E-state index contributed by atoms with van der Waals surface area (Å²) in [6, 6.07) is 10.8. The minimum absolute atomic E-state index is 0.00911. The molecule has 2 fully saturated rings. The van der Waals surface area contributed by atoms with Gasteiger partial charge < -0.3 is 24.6 Å². The molecule has 2 aliphatic heterocycles. The van der Waals surface area contributed by atoms with E-state index < -0.39 is 69.1 Å². The van der Waals surface area contributed by atoms with Gasteiger partial charge in [-0.05, 0) is 70.6 Å². The van der Waals surface area contributed by atoms with Crippen molar-refractivity contribution in [2.24, 2.45) is 5.41 Å². The first-order valence-corrected chi connectivity index (χ1v) is 19.1. The summed E-state index contributed by atoms with van der Waals surface area (Å²) in [6.45, 7) is 5.04. The smallest absolute Gasteiger partial charge is 0.425 e. The first-order valence-electron chi connectivity index (χ1n) is 18.3. The van der Waals surface area contributed by atoms with E-state index in [1.807, 2.05) is 0 Å². The summed E-state index contributed by atoms with van der Waals surface area (Å²) < 4.78 is 95.9. The van der Waals surface area contributed by atoms with Gasteiger partial charge in [-0.2, -0.15) is 31.6 Å². The highest BCUT2D eigenvalue weighted by molar-refractivity contribution is 7.10. The molecule has 0 bridgehead atoms. The van der Waals surface area contributed by atoms with Crippen LogP contribution in [0, 0.1) is 16.7 Å². The first-order chi connectivity index (χ1) is 26.3. The van der Waals surface area contributed by atoms with Crippen LogP contribution in [0.25, 0.3) is 0 Å². The highest BCUT2D eigenvalue weighted by Gasteiger charge is 2.57. The van der Waals surface area contributed by atoms with Crippen LogP contribution in [0.1, 0.15) is 93.6 Å². The maximum atomic E-state index is 15.0. The fourth-order valence-corrected chi connectivity index (χ4v) is 8.23. The normalized spacial score (nSPS) is 21.2. The van der Waals surface area contributed by atoms with Gasteiger partial charge in [-0.3, -0.25) is 19.5 Å². The molecule has 2 aromatic heterocycles. The lowest BCUT2D eigenvalue weighted by Crippen LogP contribution is -2.68. The topological polar surface area (TPSA) is 136 Å². The molecule has 0 radical (unpaired) electrons. The van der Waals surface area contributed by atoms with E-state index in [-0.39, 0.29) is 70.5 Å². The molecule has 2 saturated heterocycles. The summed E-state index contributed by atoms with van der Waals surface area (Å²) in [4.78, 5) is 32.3. The van der Waals surface area contributed by atoms with Crippen molar-refractivity contribution in [1.82, 2.24) is 14.8 Å². The fraction of sp³-hybridized carbons (Fsp3) is 0.538. The molecule has 2 N–H and O–H groups in total. The second-order valence-corrected chi connectivity index (χ2v) is 15.8. The van der Waals surface area contributed by atoms with Crippen molar-refractivity contribution in [1.29, 1.82) is 5.26 Å². The molecular weight excluding hydrogens is 767 g/mol. The third-order valence-corrected chi connectivity index (χ3v) is 11.7. The van der Waals surface area contributed by atoms with E-state index in [0.29, 0.717) is 29.1 Å². The van der Waals surface area contributed by atoms with E-state index >= 15 is 4.79 Å². The summed E-state index contributed by atoms with van der Waals surface area (Å²) in [5.41, 5.74) is -5.43. The number of aliphatic hydroxyl groups excluding tert-OH is 1. The molecule has 2 aliphatic rings. The highest BCUT2D eigenvalue weighted by atomic mass is 32.1. The Kier molecular flexibility index (Phi) is 12.7. The van der Waals surface area contributed by atoms with Gasteiger partial charge in [0.2, 0.25) is 5.60 Å². The van der Waals surface area contributed by atoms with Crippen molar-refractivity contribution < 1.29 is 55.6 Å². The maximum absolute atomic E-state index is 15.0. The predicted molar refractivity (Wildman–Crippen MR) is 193 cm³/mol. The minimum Gasteiger partial charge on any atom is -0.493 e. The molecule has 4 heterocycles. The number of para-hydroxylation sites is 1. The molecule has 1 amide bonds. The molecule has 0 aliphatic carbocycles. The van der Waals surface area contributed by atoms with Gasteiger partial charge in [-0.15, -0.1) is 11.3 Å². The quantitative estimate of drug-likeness (QED) is 0.164. The van der Waals surface area contributed by atoms with Crippen LogP contribution in [-0.2, 0) is 27.4 Å². The Labute approximate surface area is 324 Å². The van der Waals surface area contributed by atoms with Crippen molar-refractivity contribution in [2.45, 2.75) is 101 Å². The van der Waals surface area contributed by atoms with Crippen molar-refractivity contribution in [3.8, 4) is 17.6 Å². The Morgan fingerprint density at radius 3 is 2.36 bits per heavy atom. The van der Waals surface area contributed by atoms with Crippen LogP contribution in [0.2, 0.25) is 0 Å². The third-order valence-electron chi connectivity index (χ3n) is 10.8. The average Bonchev–Trinajstić information content (AvgIpc) is 3.64. The zero-order chi connectivity index (χ0) is 41.1. The van der Waals surface area contributed by atoms with Crippen molar-refractivity contribution in [2.75, 3.05) is 26.2 Å². The zero-order valence-corrected chi connectivity index (χ0v) is 31.9. The Bertz CT molecular complexity index is 1900. The maximum Gasteiger partial charge on any atom is 0.425 e. The lowest BCUT2D eigenvalue weighted by atomic mass is 9.72. The Balaban J connectivity index is 1.49. The number of rotatable bonds is 13. The number of amides is 1. The predicted octanol–water partition coefficient (Wildman–Crippen LogP) is 8.22. The highest BCUT2D eigenvalue weighted by Crippen LogP contribution is 2.46. The van der Waals surface area contributed by atoms with E-state index in [1.165, 1.54) is 9.80 Å². The van der Waals surface area contributed by atoms with E-state index in [4.69, 9.17) is 9.47 Å². The molecule has 10 nitrogen and oxygen atoms in total. The molecule has 1 unspecified atom stereocenters. The second-order valence-electron chi connectivity index (χ2n) is 14.9. The van der Waals surface area contributed by atoms with Gasteiger partial charge in [0.15, 0.2) is 6.23 Å². The number of hydrogen-bond acceptors (Lipinski definition) is 9. The van der Waals surface area contributed by atoms with Gasteiger partial charge in [0.05, 0.1) is 40.8 Å². The van der Waals surface area contributed by atoms with Gasteiger partial charge in [0, 0.05) is 42.8 Å². The number of halogens is 6. The molecule has 5 rings (SSSR count). The minimum atomic E-state index is -4.87. The Morgan fingerprint density at radius 2 is 1.75 bits per heavy atom. The lowest BCUT2D eigenvalue weighted by Gasteiger charge is -2.52. The van der Waals surface area contributed by atoms with Gasteiger partial charge >= 0.3 is 18.3 Å². The van der Waals surface area contributed by atoms with Crippen molar-refractivity contribution in [3.05, 3.63) is 75.7 Å². The third kappa shape index (κ3) is 8.77. The van der Waals surface area contributed by atoms with Crippen LogP contribution in [0.4, 0.5) is 26.3 Å². The number of nitrogens with zero attached hydrogens (tertiary/aromatic N) is 4. The second kappa shape index (κ2) is 16.6. The number of aromatic nitrogens is 1. The zero-order valence-electron chi connectivity index (χ0n) is 31.1. The summed E-state index contributed by atoms with van der Waals surface area (Å²) >= 11 is 0.374. The Morgan fingerprint density at radius 1 is 1.05 bits per heavy atom. The summed E-state index contributed by atoms with van der Waals surface area (Å²) in [5.74, 6) is -1.47. The van der Waals surface area contributed by atoms with Gasteiger partial charge in [-0.1, -0.05) is 31.5 Å². The molecule has 0 saturated carbocycles. The van der Waals surface area contributed by atoms with Crippen LogP contribution < -0.4 is 9.47 Å². The number of piperidine rings is 2. The largest absolute Gasteiger partial charge is 0.493 e. The number of aliphatic hydroxyl groups is 1. The van der Waals surface area contributed by atoms with E-state index in [1.54, 1.807) is 45.0 Å². The fourth-order valence-electron chi connectivity index (χ4n) is 7.55. The number of ether oxygens (including phenoxy) is 2. The van der Waals surface area contributed by atoms with Crippen molar-refractivity contribution >= 4 is 23.2 Å². The number of aliphatic carboxylic acids is 1. The lowest BCUT2D eigenvalue weighted by molar-refractivity contribution is -0.175. The molecule has 1 aromatic carbocycles. The van der Waals surface area contributed by atoms with Crippen LogP contribution in [0.5, 0.6) is 11.5 Å². The summed E-state index contributed by atoms with van der Waals surface area (Å²) in [6.07, 6.45) is -9.36. The summed E-state index contributed by atoms with van der Waals surface area (Å²) in [5, 5.41) is 32.9. The number of pyridine rings is 1. The van der Waals surface area contributed by atoms with Crippen molar-refractivity contribution in [3.63, 3.8) is 0 Å². The summed E-state index contributed by atoms with van der Waals surface area (Å²) in [7, 11) is 0. The van der Waals surface area contributed by atoms with Gasteiger partial charge in [0.25, 0.3) is 5.91 Å². The molecule has 304 valence electrons. The first kappa shape index (κ1) is 42.7. The standard InChI is InChI=1S/C39H44F6N4O6S/c1-4-9-29-37(55-25-22-30(56-23-25)39(43,44)45,13-8-18-49(29)32(50)31-27(38(40,41)42)11-7-17-47-31)33(51)48-19-14-36(24-46,15-20-48)26-10-5-6-12-28(26)54-21-16-35(2,3)34(52)53/h5-7,10-12,17,22-23,29,32,50H,4,8-9,13-16,18-21H2,1-3H3,(H,52,53)/t29-,32?,37+/m1/s1. The van der Waals surface area contributed by atoms with E-state index in [9.17, 15) is 46.6 Å². The van der Waals surface area contributed by atoms with Crippen LogP contribution in [0.15, 0.2) is 54.0 Å². The molecule has 56 heavy (non-hydrogen) atoms. The number of carboxylic acid groups (broad SMARTS) is 1. The van der Waals surface area contributed by atoms with Gasteiger partial charge in [-0.25, -0.2) is 0 Å². The molecule has 3 atom stereocenters. The molecule has 17 heteroatoms. The average molecular weight is 811 g/mol. The number of carbonyl (C=O) groups is 2. The van der Waals surface area contributed by atoms with Crippen LogP contribution >= 0.6 is 11.3 Å². The monoisotopic (exact) mass is 810 g/mol. The number of carbonyl (C=O) groups excluding carboxylic acids is 1. The number of benzene rings is 1. The van der Waals surface area contributed by atoms with Gasteiger partial charge in [0.1, 0.15) is 16.4 Å². The number of thiophene rings is 1. The van der Waals surface area contributed by atoms with Crippen LogP contribution in [-0.4, -0.2) is 74.8 Å². The van der Waals surface area contributed by atoms with Crippen LogP contribution in [0.3, 0.4) is 0 Å². The number of carboxylic acids is 1.